The molecular weight excluding hydrogens is 548 g/mol. The van der Waals surface area contributed by atoms with Gasteiger partial charge in [-0.2, -0.15) is 0 Å². The van der Waals surface area contributed by atoms with Crippen molar-refractivity contribution in [3.63, 3.8) is 0 Å². The van der Waals surface area contributed by atoms with Crippen LogP contribution in [0.5, 0.6) is 0 Å². The van der Waals surface area contributed by atoms with E-state index in [2.05, 4.69) is 0 Å². The normalized spacial score (nSPS) is 11.7. The van der Waals surface area contributed by atoms with E-state index in [4.69, 9.17) is 11.5 Å². The van der Waals surface area contributed by atoms with Crippen LogP contribution in [0.1, 0.15) is 69.7 Å². The number of nitrogens with two attached hydrogens (primary N) is 2. The fourth-order valence-corrected chi connectivity index (χ4v) is 3.49. The summed E-state index contributed by atoms with van der Waals surface area (Å²) in [5, 5.41) is 18.5. The lowest BCUT2D eigenvalue weighted by atomic mass is 9.92. The molecule has 6 N–H and O–H groups in total. The molecule has 1 atom stereocenters. The first-order chi connectivity index (χ1) is 20.5. The number of hydrogen-bond donors (Lipinski definition) is 4. The molecular formula is C38H48N2O4. The van der Waals surface area contributed by atoms with Crippen LogP contribution in [0.3, 0.4) is 0 Å². The Morgan fingerprint density at radius 2 is 1.00 bits per heavy atom. The van der Waals surface area contributed by atoms with E-state index < -0.39 is 17.9 Å². The molecule has 0 aromatic heterocycles. The maximum atomic E-state index is 11.3. The van der Waals surface area contributed by atoms with Crippen molar-refractivity contribution >= 4 is 23.6 Å². The Morgan fingerprint density at radius 1 is 0.636 bits per heavy atom. The second kappa shape index (κ2) is 18.9. The van der Waals surface area contributed by atoms with Crippen LogP contribution in [-0.2, 0) is 16.0 Å². The third kappa shape index (κ3) is 18.8. The molecule has 0 saturated carbocycles. The number of aliphatic carboxylic acids is 2. The van der Waals surface area contributed by atoms with Gasteiger partial charge in [-0.3, -0.25) is 4.79 Å². The molecule has 0 radical (unpaired) electrons. The van der Waals surface area contributed by atoms with Gasteiger partial charge in [-0.15, -0.1) is 0 Å². The number of rotatable bonds is 7. The Kier molecular flexibility index (Phi) is 16.1. The number of carbonyl (C=O) groups is 2. The highest BCUT2D eigenvalue weighted by molar-refractivity contribution is 6.20. The first kappa shape index (κ1) is 37.5. The zero-order valence-electron chi connectivity index (χ0n) is 26.8. The van der Waals surface area contributed by atoms with E-state index in [-0.39, 0.29) is 11.1 Å². The van der Waals surface area contributed by atoms with Crippen LogP contribution in [0.4, 0.5) is 0 Å². The largest absolute Gasteiger partial charge is 0.481 e. The summed E-state index contributed by atoms with van der Waals surface area (Å²) in [7, 11) is 0. The molecule has 0 bridgehead atoms. The molecule has 4 aromatic rings. The topological polar surface area (TPSA) is 127 Å². The van der Waals surface area contributed by atoms with E-state index in [0.717, 1.165) is 16.7 Å². The van der Waals surface area contributed by atoms with Gasteiger partial charge in [-0.1, -0.05) is 121 Å². The SMILES string of the molecule is CC(C)(C)N.CC(C)(C)N.O=C(O)/C(=C/c1ccccc1)c1ccccc1.O=C(O)[C@@H](Cc1ccccc1)c1ccccc1. The van der Waals surface area contributed by atoms with Crippen LogP contribution < -0.4 is 11.5 Å². The van der Waals surface area contributed by atoms with Crippen molar-refractivity contribution in [3.05, 3.63) is 144 Å². The number of hydrogen-bond acceptors (Lipinski definition) is 4. The van der Waals surface area contributed by atoms with E-state index >= 15 is 0 Å². The van der Waals surface area contributed by atoms with Gasteiger partial charge in [0.25, 0.3) is 0 Å². The molecule has 0 amide bonds. The molecule has 0 aliphatic carbocycles. The first-order valence-corrected chi connectivity index (χ1v) is 14.5. The van der Waals surface area contributed by atoms with E-state index in [1.54, 1.807) is 18.2 Å². The fraction of sp³-hybridized carbons (Fsp3) is 0.263. The van der Waals surface area contributed by atoms with E-state index in [9.17, 15) is 19.8 Å². The zero-order chi connectivity index (χ0) is 33.2. The van der Waals surface area contributed by atoms with Gasteiger partial charge in [0.15, 0.2) is 0 Å². The zero-order valence-corrected chi connectivity index (χ0v) is 26.8. The minimum atomic E-state index is -0.917. The molecule has 44 heavy (non-hydrogen) atoms. The van der Waals surface area contributed by atoms with Crippen LogP contribution in [0.15, 0.2) is 121 Å². The third-order valence-electron chi connectivity index (χ3n) is 5.21. The van der Waals surface area contributed by atoms with E-state index in [1.807, 2.05) is 151 Å². The van der Waals surface area contributed by atoms with Crippen LogP contribution in [0.25, 0.3) is 11.6 Å². The summed E-state index contributed by atoms with van der Waals surface area (Å²) in [6.07, 6.45) is 2.21. The molecule has 0 heterocycles. The molecule has 0 spiro atoms. The van der Waals surface area contributed by atoms with Crippen molar-refractivity contribution in [2.45, 2.75) is 65.0 Å². The predicted molar refractivity (Wildman–Crippen MR) is 183 cm³/mol. The summed E-state index contributed by atoms with van der Waals surface area (Å²) in [6, 6.07) is 37.6. The van der Waals surface area contributed by atoms with Gasteiger partial charge in [-0.05, 0) is 76.3 Å². The minimum absolute atomic E-state index is 0. The maximum absolute atomic E-state index is 11.3. The lowest BCUT2D eigenvalue weighted by Crippen LogP contribution is -2.26. The van der Waals surface area contributed by atoms with Crippen molar-refractivity contribution in [1.82, 2.24) is 0 Å². The summed E-state index contributed by atoms with van der Waals surface area (Å²) in [5.74, 6) is -2.17. The summed E-state index contributed by atoms with van der Waals surface area (Å²) >= 11 is 0. The number of benzene rings is 4. The monoisotopic (exact) mass is 596 g/mol. The smallest absolute Gasteiger partial charge is 0.336 e. The van der Waals surface area contributed by atoms with Crippen LogP contribution in [-0.4, -0.2) is 33.2 Å². The van der Waals surface area contributed by atoms with Crippen LogP contribution in [0.2, 0.25) is 0 Å². The molecule has 6 nitrogen and oxygen atoms in total. The lowest BCUT2D eigenvalue weighted by molar-refractivity contribution is -0.138. The Labute approximate surface area is 263 Å². The molecule has 0 unspecified atom stereocenters. The van der Waals surface area contributed by atoms with Gasteiger partial charge in [0.05, 0.1) is 11.5 Å². The van der Waals surface area contributed by atoms with Gasteiger partial charge < -0.3 is 21.7 Å². The Balaban J connectivity index is 0.000000338. The summed E-state index contributed by atoms with van der Waals surface area (Å²) in [4.78, 5) is 22.5. The molecule has 4 rings (SSSR count). The van der Waals surface area contributed by atoms with E-state index in [1.165, 1.54) is 0 Å². The van der Waals surface area contributed by atoms with E-state index in [0.29, 0.717) is 17.6 Å². The average Bonchev–Trinajstić information content (AvgIpc) is 2.95. The van der Waals surface area contributed by atoms with Crippen molar-refractivity contribution in [1.29, 1.82) is 0 Å². The fourth-order valence-electron chi connectivity index (χ4n) is 3.49. The van der Waals surface area contributed by atoms with Crippen LogP contribution in [0, 0.1) is 0 Å². The highest BCUT2D eigenvalue weighted by atomic mass is 16.4. The number of carboxylic acid groups (broad SMARTS) is 2. The standard InChI is InChI=1S/C15H14O2.C15H12O2.2C4H11N/c2*16-15(17)14(13-9-5-2-6-10-13)11-12-7-3-1-4-8-12;2*1-4(2,3)5/h1-10,14H,11H2,(H,16,17);1-11H,(H,16,17);2*5H2,1-3H3/b;14-11+;;/t14-;;;/m0.../s1. The van der Waals surface area contributed by atoms with Gasteiger partial charge >= 0.3 is 11.9 Å². The molecule has 0 aliphatic heterocycles. The first-order valence-electron chi connectivity index (χ1n) is 14.5. The summed E-state index contributed by atoms with van der Waals surface area (Å²) < 4.78 is 0. The predicted octanol–water partition coefficient (Wildman–Crippen LogP) is 7.90. The van der Waals surface area contributed by atoms with Gasteiger partial charge in [0, 0.05) is 11.1 Å². The van der Waals surface area contributed by atoms with Crippen LogP contribution >= 0.6 is 0 Å². The molecule has 0 fully saturated rings. The van der Waals surface area contributed by atoms with Gasteiger partial charge in [0.1, 0.15) is 0 Å². The second-order valence-corrected chi connectivity index (χ2v) is 12.4. The summed E-state index contributed by atoms with van der Waals surface area (Å²) in [6.45, 7) is 11.8. The van der Waals surface area contributed by atoms with Gasteiger partial charge in [0.2, 0.25) is 0 Å². The highest BCUT2D eigenvalue weighted by Crippen LogP contribution is 2.21. The highest BCUT2D eigenvalue weighted by Gasteiger charge is 2.19. The maximum Gasteiger partial charge on any atom is 0.336 e. The van der Waals surface area contributed by atoms with Crippen molar-refractivity contribution in [2.75, 3.05) is 0 Å². The van der Waals surface area contributed by atoms with Crippen molar-refractivity contribution < 1.29 is 19.8 Å². The number of carboxylic acids is 2. The molecule has 4 aromatic carbocycles. The minimum Gasteiger partial charge on any atom is -0.481 e. The molecule has 0 saturated heterocycles. The van der Waals surface area contributed by atoms with Gasteiger partial charge in [-0.25, -0.2) is 4.79 Å². The molecule has 234 valence electrons. The molecule has 0 aliphatic rings. The second-order valence-electron chi connectivity index (χ2n) is 12.4. The van der Waals surface area contributed by atoms with Crippen molar-refractivity contribution in [3.8, 4) is 0 Å². The lowest BCUT2D eigenvalue weighted by Gasteiger charge is -2.12. The third-order valence-corrected chi connectivity index (χ3v) is 5.21. The Morgan fingerprint density at radius 3 is 1.39 bits per heavy atom. The quantitative estimate of drug-likeness (QED) is 0.127. The van der Waals surface area contributed by atoms with Crippen molar-refractivity contribution in [2.24, 2.45) is 11.5 Å². The summed E-state index contributed by atoms with van der Waals surface area (Å²) in [5.41, 5.74) is 14.5. The Bertz CT molecular complexity index is 1370. The molecule has 6 heteroatoms. The average molecular weight is 597 g/mol. The Hall–Kier alpha value is -4.52.